The van der Waals surface area contributed by atoms with Crippen LogP contribution in [0.3, 0.4) is 0 Å². The number of amides is 1. The third-order valence-electron chi connectivity index (χ3n) is 4.05. The maximum absolute atomic E-state index is 11.8. The van der Waals surface area contributed by atoms with E-state index in [2.05, 4.69) is 25.2 Å². The average molecular weight is 317 g/mol. The van der Waals surface area contributed by atoms with Gasteiger partial charge in [0.25, 0.3) is 0 Å². The highest BCUT2D eigenvalue weighted by Gasteiger charge is 2.35. The van der Waals surface area contributed by atoms with Gasteiger partial charge in [0.05, 0.1) is 5.39 Å². The number of ether oxygens (including phenoxy) is 1. The highest BCUT2D eigenvalue weighted by Crippen LogP contribution is 2.31. The maximum Gasteiger partial charge on any atom is 0.407 e. The Labute approximate surface area is 135 Å². The number of nitrogens with zero attached hydrogens (tertiary/aromatic N) is 3. The Bertz CT molecular complexity index is 700. The molecule has 2 aromatic heterocycles. The largest absolute Gasteiger partial charge is 0.444 e. The van der Waals surface area contributed by atoms with Crippen molar-refractivity contribution < 1.29 is 9.53 Å². The minimum atomic E-state index is -0.467. The normalized spacial score (nSPS) is 20.9. The van der Waals surface area contributed by atoms with E-state index in [9.17, 15) is 4.79 Å². The highest BCUT2D eigenvalue weighted by atomic mass is 16.6. The Kier molecular flexibility index (Phi) is 3.87. The van der Waals surface area contributed by atoms with Gasteiger partial charge in [-0.3, -0.25) is 0 Å². The third-order valence-corrected chi connectivity index (χ3v) is 4.05. The first kappa shape index (κ1) is 15.6. The van der Waals surface area contributed by atoms with E-state index in [1.165, 1.54) is 0 Å². The lowest BCUT2D eigenvalue weighted by molar-refractivity contribution is 0.0471. The SMILES string of the molecule is CN(c1ncnc2[nH]ccc12)C1CC(NC(=O)OC(C)(C)C)C1. The molecule has 1 aliphatic carbocycles. The van der Waals surface area contributed by atoms with Crippen LogP contribution < -0.4 is 10.2 Å². The molecule has 2 heterocycles. The van der Waals surface area contributed by atoms with Crippen LogP contribution in [-0.4, -0.2) is 45.8 Å². The summed E-state index contributed by atoms with van der Waals surface area (Å²) >= 11 is 0. The molecule has 23 heavy (non-hydrogen) atoms. The number of rotatable bonds is 3. The number of anilines is 1. The molecule has 1 fully saturated rings. The summed E-state index contributed by atoms with van der Waals surface area (Å²) in [6, 6.07) is 2.49. The quantitative estimate of drug-likeness (QED) is 0.908. The molecular weight excluding hydrogens is 294 g/mol. The third kappa shape index (κ3) is 3.38. The molecule has 2 N–H and O–H groups in total. The van der Waals surface area contributed by atoms with Gasteiger partial charge in [-0.25, -0.2) is 14.8 Å². The predicted molar refractivity (Wildman–Crippen MR) is 88.5 cm³/mol. The smallest absolute Gasteiger partial charge is 0.407 e. The van der Waals surface area contributed by atoms with Crippen molar-refractivity contribution in [3.63, 3.8) is 0 Å². The van der Waals surface area contributed by atoms with Gasteiger partial charge in [0.2, 0.25) is 0 Å². The van der Waals surface area contributed by atoms with Crippen LogP contribution in [0.4, 0.5) is 10.6 Å². The Morgan fingerprint density at radius 3 is 2.83 bits per heavy atom. The first-order chi connectivity index (χ1) is 10.8. The van der Waals surface area contributed by atoms with Crippen molar-refractivity contribution >= 4 is 22.9 Å². The van der Waals surface area contributed by atoms with Crippen LogP contribution in [0.15, 0.2) is 18.6 Å². The van der Waals surface area contributed by atoms with Crippen LogP contribution in [0.1, 0.15) is 33.6 Å². The van der Waals surface area contributed by atoms with Gasteiger partial charge >= 0.3 is 6.09 Å². The Balaban J connectivity index is 1.57. The van der Waals surface area contributed by atoms with Gasteiger partial charge in [-0.05, 0) is 39.7 Å². The van der Waals surface area contributed by atoms with Crippen LogP contribution >= 0.6 is 0 Å². The van der Waals surface area contributed by atoms with Crippen LogP contribution in [0, 0.1) is 0 Å². The van der Waals surface area contributed by atoms with Gasteiger partial charge in [0.15, 0.2) is 0 Å². The molecule has 0 radical (unpaired) electrons. The molecular formula is C16H23N5O2. The monoisotopic (exact) mass is 317 g/mol. The summed E-state index contributed by atoms with van der Waals surface area (Å²) in [4.78, 5) is 25.6. The summed E-state index contributed by atoms with van der Waals surface area (Å²) in [6.45, 7) is 5.59. The van der Waals surface area contributed by atoms with Gasteiger partial charge in [-0.1, -0.05) is 0 Å². The molecule has 0 bridgehead atoms. The van der Waals surface area contributed by atoms with Crippen molar-refractivity contribution in [3.8, 4) is 0 Å². The number of carbonyl (C=O) groups is 1. The predicted octanol–water partition coefficient (Wildman–Crippen LogP) is 2.45. The summed E-state index contributed by atoms with van der Waals surface area (Å²) in [6.07, 6.45) is 4.85. The molecule has 0 unspecified atom stereocenters. The van der Waals surface area contributed by atoms with Crippen molar-refractivity contribution in [3.05, 3.63) is 18.6 Å². The van der Waals surface area contributed by atoms with Gasteiger partial charge in [-0.15, -0.1) is 0 Å². The topological polar surface area (TPSA) is 83.1 Å². The van der Waals surface area contributed by atoms with Gasteiger partial charge in [0, 0.05) is 25.3 Å². The highest BCUT2D eigenvalue weighted by molar-refractivity contribution is 5.87. The fourth-order valence-electron chi connectivity index (χ4n) is 2.81. The number of H-pyrrole nitrogens is 1. The van der Waals surface area contributed by atoms with Crippen LogP contribution in [-0.2, 0) is 4.74 Å². The molecule has 1 aliphatic rings. The van der Waals surface area contributed by atoms with E-state index in [0.717, 1.165) is 29.7 Å². The second kappa shape index (κ2) is 5.72. The van der Waals surface area contributed by atoms with E-state index in [4.69, 9.17) is 4.74 Å². The fourth-order valence-corrected chi connectivity index (χ4v) is 2.81. The Hall–Kier alpha value is -2.31. The summed E-state index contributed by atoms with van der Waals surface area (Å²) in [5, 5.41) is 3.93. The lowest BCUT2D eigenvalue weighted by Gasteiger charge is -2.42. The zero-order chi connectivity index (χ0) is 16.6. The second-order valence-corrected chi connectivity index (χ2v) is 7.02. The number of aromatic amines is 1. The van der Waals surface area contributed by atoms with E-state index in [1.54, 1.807) is 6.33 Å². The van der Waals surface area contributed by atoms with Gasteiger partial charge in [-0.2, -0.15) is 0 Å². The van der Waals surface area contributed by atoms with E-state index < -0.39 is 5.60 Å². The number of aromatic nitrogens is 3. The molecule has 7 heteroatoms. The minimum absolute atomic E-state index is 0.154. The number of hydrogen-bond acceptors (Lipinski definition) is 5. The molecule has 0 saturated heterocycles. The molecule has 1 saturated carbocycles. The zero-order valence-corrected chi connectivity index (χ0v) is 14.0. The van der Waals surface area contributed by atoms with E-state index in [0.29, 0.717) is 6.04 Å². The lowest BCUT2D eigenvalue weighted by atomic mass is 9.85. The van der Waals surface area contributed by atoms with E-state index in [-0.39, 0.29) is 12.1 Å². The molecule has 1 amide bonds. The molecule has 2 aromatic rings. The molecule has 7 nitrogen and oxygen atoms in total. The van der Waals surface area contributed by atoms with E-state index in [1.807, 2.05) is 40.1 Å². The number of nitrogens with one attached hydrogen (secondary N) is 2. The van der Waals surface area contributed by atoms with Crippen LogP contribution in [0.25, 0.3) is 11.0 Å². The Morgan fingerprint density at radius 2 is 2.13 bits per heavy atom. The number of hydrogen-bond donors (Lipinski definition) is 2. The van der Waals surface area contributed by atoms with Crippen molar-refractivity contribution in [2.75, 3.05) is 11.9 Å². The van der Waals surface area contributed by atoms with Crippen LogP contribution in [0.5, 0.6) is 0 Å². The fraction of sp³-hybridized carbons (Fsp3) is 0.562. The van der Waals surface area contributed by atoms with Gasteiger partial charge in [0.1, 0.15) is 23.4 Å². The molecule has 0 spiro atoms. The zero-order valence-electron chi connectivity index (χ0n) is 14.0. The Morgan fingerprint density at radius 1 is 1.39 bits per heavy atom. The minimum Gasteiger partial charge on any atom is -0.444 e. The standard InChI is InChI=1S/C16H23N5O2/c1-16(2,3)23-15(22)20-10-7-11(8-10)21(4)14-12-5-6-17-13(12)18-9-19-14/h5-6,9-11H,7-8H2,1-4H3,(H,20,22)(H,17,18,19). The summed E-state index contributed by atoms with van der Waals surface area (Å²) in [5.41, 5.74) is 0.370. The maximum atomic E-state index is 11.8. The number of carbonyl (C=O) groups excluding carboxylic acids is 1. The van der Waals surface area contributed by atoms with E-state index >= 15 is 0 Å². The first-order valence-corrected chi connectivity index (χ1v) is 7.84. The van der Waals surface area contributed by atoms with Crippen molar-refractivity contribution in [2.45, 2.75) is 51.3 Å². The first-order valence-electron chi connectivity index (χ1n) is 7.84. The molecule has 124 valence electrons. The summed E-state index contributed by atoms with van der Waals surface area (Å²) in [7, 11) is 2.03. The average Bonchev–Trinajstić information content (AvgIpc) is 2.87. The second-order valence-electron chi connectivity index (χ2n) is 7.02. The van der Waals surface area contributed by atoms with Crippen molar-refractivity contribution in [1.29, 1.82) is 0 Å². The summed E-state index contributed by atoms with van der Waals surface area (Å²) < 4.78 is 5.28. The molecule has 0 atom stereocenters. The van der Waals surface area contributed by atoms with Crippen LogP contribution in [0.2, 0.25) is 0 Å². The van der Waals surface area contributed by atoms with Gasteiger partial charge < -0.3 is 19.9 Å². The molecule has 0 aromatic carbocycles. The molecule has 3 rings (SSSR count). The summed E-state index contributed by atoms with van der Waals surface area (Å²) in [5.74, 6) is 0.914. The lowest BCUT2D eigenvalue weighted by Crippen LogP contribution is -2.53. The number of alkyl carbamates (subject to hydrolysis) is 1. The van der Waals surface area contributed by atoms with Crippen molar-refractivity contribution in [2.24, 2.45) is 0 Å². The number of fused-ring (bicyclic) bond motifs is 1. The van der Waals surface area contributed by atoms with Crippen molar-refractivity contribution in [1.82, 2.24) is 20.3 Å². The molecule has 0 aliphatic heterocycles.